The molecule has 0 aromatic rings. The minimum absolute atomic E-state index is 0. The standard InChI is InChI=1S/3ClH.Rh.Ru/h3*1H;;/q;;;+3;/p-3. The molecule has 0 heterocycles. The Morgan fingerprint density at radius 2 is 1.00 bits per heavy atom. The molecule has 0 fully saturated rings. The molecule has 5 heteroatoms. The predicted octanol–water partition coefficient (Wildman–Crippen LogP) is 2.06. The van der Waals surface area contributed by atoms with Gasteiger partial charge in [-0.15, -0.1) is 0 Å². The first-order valence-electron chi connectivity index (χ1n) is 0.378. The maximum atomic E-state index is 4.94. The molecule has 0 saturated carbocycles. The van der Waals surface area contributed by atoms with Crippen molar-refractivity contribution in [2.45, 2.75) is 0 Å². The monoisotopic (exact) mass is 310 g/mol. The molecule has 0 aromatic heterocycles. The van der Waals surface area contributed by atoms with Crippen LogP contribution in [0.2, 0.25) is 0 Å². The van der Waals surface area contributed by atoms with Crippen molar-refractivity contribution in [3.8, 4) is 0 Å². The van der Waals surface area contributed by atoms with Gasteiger partial charge in [0.25, 0.3) is 0 Å². The van der Waals surface area contributed by atoms with Gasteiger partial charge in [-0.05, 0) is 0 Å². The largest absolute Gasteiger partial charge is 0 e. The summed E-state index contributed by atoms with van der Waals surface area (Å²) in [5.41, 5.74) is 0. The zero-order valence-electron chi connectivity index (χ0n) is 1.82. The summed E-state index contributed by atoms with van der Waals surface area (Å²) in [7, 11) is 14.8. The number of rotatable bonds is 0. The van der Waals surface area contributed by atoms with Crippen LogP contribution in [0.1, 0.15) is 0 Å². The second-order valence-corrected chi connectivity index (χ2v) is 7.61. The van der Waals surface area contributed by atoms with Crippen LogP contribution in [0.3, 0.4) is 0 Å². The molecular weight excluding hydrogens is 310 g/mol. The van der Waals surface area contributed by atoms with E-state index in [1.165, 1.54) is 0 Å². The van der Waals surface area contributed by atoms with E-state index in [0.717, 1.165) is 0 Å². The molecule has 0 aliphatic carbocycles. The molecule has 0 aromatic carbocycles. The van der Waals surface area contributed by atoms with Crippen LogP contribution < -0.4 is 0 Å². The quantitative estimate of drug-likeness (QED) is 0.601. The molecule has 0 rings (SSSR count). The maximum Gasteiger partial charge on any atom is 0 e. The van der Waals surface area contributed by atoms with Gasteiger partial charge in [0.1, 0.15) is 0 Å². The zero-order chi connectivity index (χ0) is 3.58. The smallest absolute Gasteiger partial charge is 0 e. The van der Waals surface area contributed by atoms with Crippen molar-refractivity contribution in [3.05, 3.63) is 0 Å². The summed E-state index contributed by atoms with van der Waals surface area (Å²) in [4.78, 5) is 0. The van der Waals surface area contributed by atoms with E-state index in [-0.39, 0.29) is 19.5 Å². The van der Waals surface area contributed by atoms with Gasteiger partial charge in [0.05, 0.1) is 0 Å². The van der Waals surface area contributed by atoms with Crippen LogP contribution in [-0.2, 0) is 32.5 Å². The third kappa shape index (κ3) is 23.1. The topological polar surface area (TPSA) is 0 Å². The van der Waals surface area contributed by atoms with Gasteiger partial charge < -0.3 is 0 Å². The third-order valence-electron chi connectivity index (χ3n) is 0. The van der Waals surface area contributed by atoms with Crippen LogP contribution in [0.15, 0.2) is 0 Å². The van der Waals surface area contributed by atoms with E-state index in [1.54, 1.807) is 0 Å². The summed E-state index contributed by atoms with van der Waals surface area (Å²) in [6.07, 6.45) is 0. The minimum atomic E-state index is -1.66. The normalized spacial score (nSPS) is 9.00. The van der Waals surface area contributed by atoms with Crippen molar-refractivity contribution in [2.75, 3.05) is 0 Å². The predicted molar refractivity (Wildman–Crippen MR) is 17.6 cm³/mol. The molecule has 0 spiro atoms. The van der Waals surface area contributed by atoms with Crippen LogP contribution in [0.5, 0.6) is 0 Å². The molecule has 5 heavy (non-hydrogen) atoms. The number of hydrogen-bond acceptors (Lipinski definition) is 0. The van der Waals surface area contributed by atoms with E-state index in [2.05, 4.69) is 0 Å². The van der Waals surface area contributed by atoms with E-state index in [1.807, 2.05) is 0 Å². The Bertz CT molecular complexity index is 11.6. The summed E-state index contributed by atoms with van der Waals surface area (Å²) >= 11 is -1.66. The first kappa shape index (κ1) is 10.2. The van der Waals surface area contributed by atoms with Crippen molar-refractivity contribution in [3.63, 3.8) is 0 Å². The average molecular weight is 310 g/mol. The van der Waals surface area contributed by atoms with Gasteiger partial charge in [0, 0.05) is 19.5 Å². The molecule has 0 radical (unpaired) electrons. The van der Waals surface area contributed by atoms with Crippen LogP contribution in [0.25, 0.3) is 0 Å². The summed E-state index contributed by atoms with van der Waals surface area (Å²) in [5, 5.41) is 0. The fourth-order valence-corrected chi connectivity index (χ4v) is 0. The summed E-state index contributed by atoms with van der Waals surface area (Å²) in [5.74, 6) is 0. The van der Waals surface area contributed by atoms with Crippen LogP contribution >= 0.6 is 29.1 Å². The molecule has 0 N–H and O–H groups in total. The Labute approximate surface area is 60.9 Å². The molecule has 0 amide bonds. The van der Waals surface area contributed by atoms with E-state index in [0.29, 0.717) is 0 Å². The molecule has 0 aliphatic heterocycles. The molecule has 0 atom stereocenters. The Hall–Kier alpha value is 2.12. The fraction of sp³-hybridized carbons (Fsp3) is 0. The summed E-state index contributed by atoms with van der Waals surface area (Å²) in [6, 6.07) is 0. The average Bonchev–Trinajstić information content (AvgIpc) is 0.811. The first-order valence-corrected chi connectivity index (χ1v) is 6.71. The molecular formula is Cl3RhRu. The number of halogens is 3. The SMILES string of the molecule is [Cl][Rh]([Cl])[Cl].[Ru]. The van der Waals surface area contributed by atoms with E-state index in [9.17, 15) is 0 Å². The van der Waals surface area contributed by atoms with Gasteiger partial charge >= 0.3 is 42.1 Å². The molecule has 0 aliphatic rings. The second-order valence-electron chi connectivity index (χ2n) is 0.143. The van der Waals surface area contributed by atoms with Crippen LogP contribution in [0, 0.1) is 0 Å². The molecule has 0 saturated heterocycles. The van der Waals surface area contributed by atoms with Gasteiger partial charge in [0.15, 0.2) is 0 Å². The molecule has 38 valence electrons. The summed E-state index contributed by atoms with van der Waals surface area (Å²) in [6.45, 7) is 0. The first-order chi connectivity index (χ1) is 1.73. The molecule has 0 unspecified atom stereocenters. The Balaban J connectivity index is 0. The maximum absolute atomic E-state index is 4.94. The van der Waals surface area contributed by atoms with Crippen LogP contribution in [0.4, 0.5) is 0 Å². The van der Waals surface area contributed by atoms with E-state index in [4.69, 9.17) is 29.1 Å². The van der Waals surface area contributed by atoms with Crippen molar-refractivity contribution in [1.82, 2.24) is 0 Å². The molecule has 0 bridgehead atoms. The van der Waals surface area contributed by atoms with Crippen LogP contribution in [-0.4, -0.2) is 0 Å². The zero-order valence-corrected chi connectivity index (χ0v) is 7.47. The van der Waals surface area contributed by atoms with Gasteiger partial charge in [-0.25, -0.2) is 0 Å². The van der Waals surface area contributed by atoms with Gasteiger partial charge in [-0.3, -0.25) is 0 Å². The summed E-state index contributed by atoms with van der Waals surface area (Å²) < 4.78 is 0. The van der Waals surface area contributed by atoms with Crippen molar-refractivity contribution >= 4 is 29.1 Å². The third-order valence-corrected chi connectivity index (χ3v) is 0. The fourth-order valence-electron chi connectivity index (χ4n) is 0. The van der Waals surface area contributed by atoms with Crippen molar-refractivity contribution in [1.29, 1.82) is 0 Å². The Morgan fingerprint density at radius 1 is 1.00 bits per heavy atom. The molecule has 0 nitrogen and oxygen atoms in total. The minimum Gasteiger partial charge on any atom is 0 e. The van der Waals surface area contributed by atoms with Gasteiger partial charge in [-0.1, -0.05) is 0 Å². The van der Waals surface area contributed by atoms with Gasteiger partial charge in [-0.2, -0.15) is 0 Å². The number of hydrogen-bond donors (Lipinski definition) is 0. The van der Waals surface area contributed by atoms with E-state index >= 15 is 0 Å². The van der Waals surface area contributed by atoms with Gasteiger partial charge in [0.2, 0.25) is 0 Å². The van der Waals surface area contributed by atoms with Crippen molar-refractivity contribution < 1.29 is 32.5 Å². The Kier molecular flexibility index (Phi) is 12.4. The van der Waals surface area contributed by atoms with E-state index < -0.39 is 13.0 Å². The Morgan fingerprint density at radius 3 is 1.00 bits per heavy atom. The second kappa shape index (κ2) is 6.12. The van der Waals surface area contributed by atoms with Crippen molar-refractivity contribution in [2.24, 2.45) is 0 Å².